The molecule has 4 rings (SSSR count). The van der Waals surface area contributed by atoms with Crippen molar-refractivity contribution in [2.45, 2.75) is 44.4 Å². The van der Waals surface area contributed by atoms with Crippen LogP contribution in [0.4, 0.5) is 4.79 Å². The number of hydrogen-bond donors (Lipinski definition) is 3. The van der Waals surface area contributed by atoms with Crippen molar-refractivity contribution in [1.29, 1.82) is 0 Å². The van der Waals surface area contributed by atoms with Crippen LogP contribution in [-0.2, 0) is 14.3 Å². The molecule has 0 unspecified atom stereocenters. The van der Waals surface area contributed by atoms with Gasteiger partial charge in [-0.25, -0.2) is 4.79 Å². The molecule has 0 heterocycles. The van der Waals surface area contributed by atoms with Gasteiger partial charge >= 0.3 is 12.1 Å². The number of carbonyl (C=O) groups excluding carboxylic acids is 2. The van der Waals surface area contributed by atoms with Crippen molar-refractivity contribution >= 4 is 18.0 Å². The van der Waals surface area contributed by atoms with Crippen LogP contribution < -0.4 is 10.6 Å². The smallest absolute Gasteiger partial charge is 0.407 e. The first-order chi connectivity index (χ1) is 16.5. The Kier molecular flexibility index (Phi) is 7.83. The maximum absolute atomic E-state index is 12.6. The summed E-state index contributed by atoms with van der Waals surface area (Å²) in [6, 6.07) is 16.4. The topological polar surface area (TPSA) is 105 Å². The van der Waals surface area contributed by atoms with E-state index in [1.807, 2.05) is 24.3 Å². The van der Waals surface area contributed by atoms with E-state index in [1.165, 1.54) is 22.3 Å². The van der Waals surface area contributed by atoms with Gasteiger partial charge in [-0.2, -0.15) is 0 Å². The standard InChI is InChI=1S/C27H32N2O5/c30-25(31)14-5-6-15-28-26(32)19-13-7-8-18(19)16-29-27(33)34-17-24-22-11-3-1-9-20(22)21-10-2-4-12-23(21)24/h1-4,9-12,18-19,24H,5-8,13-17H2,(H,28,32)(H,29,33)(H,30,31)/t18-,19-/m0/s1. The molecule has 0 aromatic heterocycles. The minimum atomic E-state index is -0.818. The summed E-state index contributed by atoms with van der Waals surface area (Å²) in [5.41, 5.74) is 4.73. The lowest BCUT2D eigenvalue weighted by molar-refractivity contribution is -0.137. The summed E-state index contributed by atoms with van der Waals surface area (Å²) in [5.74, 6) is -0.856. The summed E-state index contributed by atoms with van der Waals surface area (Å²) in [7, 11) is 0. The minimum Gasteiger partial charge on any atom is -0.481 e. The lowest BCUT2D eigenvalue weighted by atomic mass is 9.95. The van der Waals surface area contributed by atoms with Crippen LogP contribution in [0.25, 0.3) is 11.1 Å². The van der Waals surface area contributed by atoms with Crippen molar-refractivity contribution in [3.63, 3.8) is 0 Å². The van der Waals surface area contributed by atoms with Crippen molar-refractivity contribution in [3.05, 3.63) is 59.7 Å². The summed E-state index contributed by atoms with van der Waals surface area (Å²) in [6.07, 6.45) is 3.50. The molecular formula is C27H32N2O5. The van der Waals surface area contributed by atoms with Gasteiger partial charge in [-0.3, -0.25) is 9.59 Å². The number of rotatable bonds is 10. The Bertz CT molecular complexity index is 992. The Balaban J connectivity index is 1.23. The van der Waals surface area contributed by atoms with E-state index in [2.05, 4.69) is 34.9 Å². The zero-order valence-electron chi connectivity index (χ0n) is 19.3. The lowest BCUT2D eigenvalue weighted by Crippen LogP contribution is -2.38. The number of benzene rings is 2. The maximum Gasteiger partial charge on any atom is 0.407 e. The average molecular weight is 465 g/mol. The third-order valence-electron chi connectivity index (χ3n) is 6.96. The summed E-state index contributed by atoms with van der Waals surface area (Å²) in [5, 5.41) is 14.5. The Hall–Kier alpha value is -3.35. The summed E-state index contributed by atoms with van der Waals surface area (Å²) < 4.78 is 5.61. The zero-order chi connectivity index (χ0) is 23.9. The third-order valence-corrected chi connectivity index (χ3v) is 6.96. The molecule has 7 heteroatoms. The highest BCUT2D eigenvalue weighted by Gasteiger charge is 2.33. The van der Waals surface area contributed by atoms with Crippen molar-refractivity contribution < 1.29 is 24.2 Å². The highest BCUT2D eigenvalue weighted by atomic mass is 16.5. The monoisotopic (exact) mass is 464 g/mol. The molecule has 7 nitrogen and oxygen atoms in total. The molecule has 2 aromatic rings. The molecule has 0 aliphatic heterocycles. The SMILES string of the molecule is O=C(O)CCCCNC(=O)[C@H]1CCC[C@H]1CNC(=O)OCC1c2ccccc2-c2ccccc21. The van der Waals surface area contributed by atoms with E-state index in [4.69, 9.17) is 9.84 Å². The number of ether oxygens (including phenoxy) is 1. The van der Waals surface area contributed by atoms with Crippen LogP contribution >= 0.6 is 0 Å². The largest absolute Gasteiger partial charge is 0.481 e. The van der Waals surface area contributed by atoms with Crippen LogP contribution in [-0.4, -0.2) is 42.8 Å². The molecule has 0 spiro atoms. The van der Waals surface area contributed by atoms with Gasteiger partial charge in [0.1, 0.15) is 6.61 Å². The van der Waals surface area contributed by atoms with Crippen molar-refractivity contribution in [2.24, 2.45) is 11.8 Å². The van der Waals surface area contributed by atoms with Gasteiger partial charge in [0.2, 0.25) is 5.91 Å². The van der Waals surface area contributed by atoms with Crippen LogP contribution in [0.15, 0.2) is 48.5 Å². The normalized spacial score (nSPS) is 18.7. The number of amides is 2. The number of carboxylic acids is 1. The predicted octanol–water partition coefficient (Wildman–Crippen LogP) is 4.31. The molecule has 180 valence electrons. The number of hydrogen-bond acceptors (Lipinski definition) is 4. The van der Waals surface area contributed by atoms with E-state index in [0.717, 1.165) is 19.3 Å². The molecule has 1 fully saturated rings. The number of carboxylic acid groups (broad SMARTS) is 1. The number of alkyl carbamates (subject to hydrolysis) is 1. The Morgan fingerprint density at radius 3 is 2.26 bits per heavy atom. The molecule has 0 bridgehead atoms. The van der Waals surface area contributed by atoms with Gasteiger partial charge in [-0.15, -0.1) is 0 Å². The van der Waals surface area contributed by atoms with Gasteiger partial charge < -0.3 is 20.5 Å². The van der Waals surface area contributed by atoms with Gasteiger partial charge in [0, 0.05) is 31.3 Å². The fraction of sp³-hybridized carbons (Fsp3) is 0.444. The van der Waals surface area contributed by atoms with E-state index >= 15 is 0 Å². The van der Waals surface area contributed by atoms with Crippen LogP contribution in [0.5, 0.6) is 0 Å². The van der Waals surface area contributed by atoms with Gasteiger partial charge in [-0.05, 0) is 53.9 Å². The minimum absolute atomic E-state index is 0.00726. The first-order valence-electron chi connectivity index (χ1n) is 12.1. The van der Waals surface area contributed by atoms with E-state index in [-0.39, 0.29) is 36.7 Å². The second-order valence-electron chi connectivity index (χ2n) is 9.15. The molecule has 34 heavy (non-hydrogen) atoms. The van der Waals surface area contributed by atoms with Crippen molar-refractivity contribution in [1.82, 2.24) is 10.6 Å². The first-order valence-corrected chi connectivity index (χ1v) is 12.1. The summed E-state index contributed by atoms with van der Waals surface area (Å²) >= 11 is 0. The number of unbranched alkanes of at least 4 members (excludes halogenated alkanes) is 1. The average Bonchev–Trinajstić information content (AvgIpc) is 3.44. The Labute approximate surface area is 199 Å². The van der Waals surface area contributed by atoms with Gasteiger partial charge in [0.25, 0.3) is 0 Å². The van der Waals surface area contributed by atoms with Crippen LogP contribution in [0.2, 0.25) is 0 Å². The fourth-order valence-corrected chi connectivity index (χ4v) is 5.23. The van der Waals surface area contributed by atoms with E-state index in [0.29, 0.717) is 25.9 Å². The molecule has 0 saturated heterocycles. The molecule has 2 amide bonds. The molecule has 1 saturated carbocycles. The van der Waals surface area contributed by atoms with Gasteiger partial charge in [-0.1, -0.05) is 55.0 Å². The van der Waals surface area contributed by atoms with Crippen molar-refractivity contribution in [2.75, 3.05) is 19.7 Å². The number of nitrogens with one attached hydrogen (secondary N) is 2. The highest BCUT2D eigenvalue weighted by Crippen LogP contribution is 2.44. The predicted molar refractivity (Wildman–Crippen MR) is 128 cm³/mol. The Morgan fingerprint density at radius 2 is 1.59 bits per heavy atom. The number of fused-ring (bicyclic) bond motifs is 3. The lowest BCUT2D eigenvalue weighted by Gasteiger charge is -2.20. The molecular weight excluding hydrogens is 432 g/mol. The third kappa shape index (κ3) is 5.58. The first kappa shape index (κ1) is 23.8. The molecule has 2 atom stereocenters. The highest BCUT2D eigenvalue weighted by molar-refractivity contribution is 5.80. The van der Waals surface area contributed by atoms with E-state index in [9.17, 15) is 14.4 Å². The molecule has 2 aliphatic carbocycles. The van der Waals surface area contributed by atoms with Crippen molar-refractivity contribution in [3.8, 4) is 11.1 Å². The zero-order valence-corrected chi connectivity index (χ0v) is 19.3. The van der Waals surface area contributed by atoms with Gasteiger partial charge in [0.05, 0.1) is 0 Å². The molecule has 0 radical (unpaired) electrons. The van der Waals surface area contributed by atoms with E-state index < -0.39 is 12.1 Å². The Morgan fingerprint density at radius 1 is 0.912 bits per heavy atom. The van der Waals surface area contributed by atoms with E-state index in [1.54, 1.807) is 0 Å². The number of carbonyl (C=O) groups is 3. The second-order valence-corrected chi connectivity index (χ2v) is 9.15. The van der Waals surface area contributed by atoms with Gasteiger partial charge in [0.15, 0.2) is 0 Å². The second kappa shape index (κ2) is 11.2. The fourth-order valence-electron chi connectivity index (χ4n) is 5.23. The van der Waals surface area contributed by atoms with Crippen LogP contribution in [0.3, 0.4) is 0 Å². The maximum atomic E-state index is 12.6. The molecule has 2 aromatic carbocycles. The molecule has 2 aliphatic rings. The number of aliphatic carboxylic acids is 1. The van der Waals surface area contributed by atoms with Crippen LogP contribution in [0, 0.1) is 11.8 Å². The quantitative estimate of drug-likeness (QED) is 0.455. The summed E-state index contributed by atoms with van der Waals surface area (Å²) in [6.45, 7) is 1.16. The molecule has 3 N–H and O–H groups in total. The van der Waals surface area contributed by atoms with Crippen LogP contribution in [0.1, 0.15) is 55.6 Å². The summed E-state index contributed by atoms with van der Waals surface area (Å²) in [4.78, 5) is 35.6.